The van der Waals surface area contributed by atoms with Gasteiger partial charge < -0.3 is 4.90 Å². The van der Waals surface area contributed by atoms with Gasteiger partial charge in [-0.3, -0.25) is 4.79 Å². The Morgan fingerprint density at radius 3 is 2.10 bits per heavy atom. The van der Waals surface area contributed by atoms with Gasteiger partial charge in [-0.25, -0.2) is 0 Å². The molecule has 2 nitrogen and oxygen atoms in total. The smallest absolute Gasteiger partial charge is 0.173 e. The third kappa shape index (κ3) is 3.87. The maximum absolute atomic E-state index is 15.0. The van der Waals surface area contributed by atoms with E-state index < -0.39 is 16.9 Å². The van der Waals surface area contributed by atoms with Gasteiger partial charge in [0.25, 0.3) is 0 Å². The van der Waals surface area contributed by atoms with Crippen molar-refractivity contribution >= 4 is 49.3 Å². The number of allylic oxidation sites excluding steroid dienone is 2. The lowest BCUT2D eigenvalue weighted by molar-refractivity contribution is 0.0886. The van der Waals surface area contributed by atoms with Gasteiger partial charge in [0.2, 0.25) is 0 Å². The Hall–Kier alpha value is -4.21. The van der Waals surface area contributed by atoms with Crippen LogP contribution in [0.2, 0.25) is 0 Å². The molecule has 0 unspecified atom stereocenters. The number of carbonyl (C=O) groups is 1. The van der Waals surface area contributed by atoms with E-state index in [1.54, 1.807) is 0 Å². The molecule has 0 bridgehead atoms. The molecule has 0 amide bonds. The highest BCUT2D eigenvalue weighted by Gasteiger charge is 2.62. The van der Waals surface area contributed by atoms with Crippen LogP contribution in [-0.4, -0.2) is 18.4 Å². The molecule has 5 aromatic carbocycles. The fraction of sp³-hybridized carbons (Fsp3) is 0.154. The van der Waals surface area contributed by atoms with Crippen LogP contribution in [0.1, 0.15) is 40.9 Å². The summed E-state index contributed by atoms with van der Waals surface area (Å²) >= 11 is 3.62. The first-order valence-electron chi connectivity index (χ1n) is 14.4. The van der Waals surface area contributed by atoms with Crippen LogP contribution in [-0.2, 0) is 5.41 Å². The summed E-state index contributed by atoms with van der Waals surface area (Å²) in [6.07, 6.45) is 4.64. The van der Waals surface area contributed by atoms with Gasteiger partial charge in [-0.1, -0.05) is 133 Å². The summed E-state index contributed by atoms with van der Waals surface area (Å²) in [7, 11) is 2.18. The summed E-state index contributed by atoms with van der Waals surface area (Å²) in [6, 6.07) is 41.8. The maximum Gasteiger partial charge on any atom is 0.173 e. The van der Waals surface area contributed by atoms with Crippen LogP contribution in [0.5, 0.6) is 0 Å². The number of hydrogen-bond donors (Lipinski definition) is 0. The van der Waals surface area contributed by atoms with Crippen molar-refractivity contribution in [1.29, 1.82) is 0 Å². The number of hydrogen-bond acceptors (Lipinski definition) is 2. The summed E-state index contributed by atoms with van der Waals surface area (Å²) in [5.74, 6) is -0.329. The zero-order chi connectivity index (χ0) is 29.1. The summed E-state index contributed by atoms with van der Waals surface area (Å²) in [4.78, 5) is 17.4. The van der Waals surface area contributed by atoms with Crippen LogP contribution in [0, 0.1) is 5.92 Å². The Kier molecular flexibility index (Phi) is 6.32. The first-order chi connectivity index (χ1) is 20.3. The molecule has 0 N–H and O–H groups in total. The molecule has 7 rings (SSSR count). The molecule has 2 aliphatic rings. The van der Waals surface area contributed by atoms with Crippen LogP contribution in [0.15, 0.2) is 138 Å². The number of benzene rings is 5. The number of halogens is 1. The highest BCUT2D eigenvalue weighted by atomic mass is 79.9. The second-order valence-corrected chi connectivity index (χ2v) is 12.8. The van der Waals surface area contributed by atoms with E-state index in [1.165, 1.54) is 22.0 Å². The number of likely N-dealkylation sites (N-methyl/N-ethyl adjacent to an activating group) is 1. The number of rotatable bonds is 4. The molecular weight excluding hydrogens is 578 g/mol. The second-order valence-electron chi connectivity index (χ2n) is 11.9. The quantitative estimate of drug-likeness (QED) is 0.189. The molecule has 3 heteroatoms. The van der Waals surface area contributed by atoms with Crippen molar-refractivity contribution in [3.8, 4) is 0 Å². The third-order valence-electron chi connectivity index (χ3n) is 9.49. The van der Waals surface area contributed by atoms with Crippen LogP contribution < -0.4 is 4.90 Å². The van der Waals surface area contributed by atoms with Crippen LogP contribution in [0.4, 0.5) is 5.69 Å². The fourth-order valence-corrected chi connectivity index (χ4v) is 7.76. The molecule has 206 valence electrons. The minimum Gasteiger partial charge on any atom is -0.363 e. The Morgan fingerprint density at radius 2 is 1.38 bits per heavy atom. The van der Waals surface area contributed by atoms with E-state index in [2.05, 4.69) is 145 Å². The molecular formula is C39H32BrNO. The molecule has 1 aliphatic carbocycles. The summed E-state index contributed by atoms with van der Waals surface area (Å²) in [5, 5.41) is 2.46. The van der Waals surface area contributed by atoms with E-state index in [0.717, 1.165) is 32.3 Å². The van der Waals surface area contributed by atoms with Gasteiger partial charge in [-0.2, -0.15) is 0 Å². The van der Waals surface area contributed by atoms with Crippen molar-refractivity contribution in [2.75, 3.05) is 11.9 Å². The molecule has 1 aliphatic heterocycles. The van der Waals surface area contributed by atoms with E-state index in [0.29, 0.717) is 0 Å². The summed E-state index contributed by atoms with van der Waals surface area (Å²) in [5.41, 5.74) is 6.43. The molecule has 5 aromatic rings. The number of Topliss-reactive ketones (excluding diaryl/α,β-unsaturated/α-hetero) is 1. The van der Waals surface area contributed by atoms with Gasteiger partial charge in [-0.15, -0.1) is 0 Å². The van der Waals surface area contributed by atoms with E-state index in [4.69, 9.17) is 0 Å². The molecule has 0 radical (unpaired) electrons. The van der Waals surface area contributed by atoms with Crippen molar-refractivity contribution in [2.24, 2.45) is 5.92 Å². The molecule has 2 atom stereocenters. The Bertz CT molecular complexity index is 1890. The molecule has 1 spiro atoms. The molecule has 42 heavy (non-hydrogen) atoms. The summed E-state index contributed by atoms with van der Waals surface area (Å²) < 4.78 is 1.01. The predicted molar refractivity (Wildman–Crippen MR) is 179 cm³/mol. The zero-order valence-electron chi connectivity index (χ0n) is 24.0. The number of anilines is 1. The first kappa shape index (κ1) is 26.7. The Labute approximate surface area is 256 Å². The van der Waals surface area contributed by atoms with Crippen LogP contribution in [0.25, 0.3) is 21.9 Å². The molecule has 0 saturated carbocycles. The van der Waals surface area contributed by atoms with Crippen LogP contribution in [0.3, 0.4) is 0 Å². The number of ketones is 1. The minimum absolute atomic E-state index is 0.130. The van der Waals surface area contributed by atoms with E-state index in [1.807, 2.05) is 30.3 Å². The second kappa shape index (κ2) is 9.96. The fourth-order valence-electron chi connectivity index (χ4n) is 7.50. The van der Waals surface area contributed by atoms with Gasteiger partial charge >= 0.3 is 0 Å². The van der Waals surface area contributed by atoms with Crippen molar-refractivity contribution < 1.29 is 4.79 Å². The van der Waals surface area contributed by atoms with Gasteiger partial charge in [0, 0.05) is 28.2 Å². The van der Waals surface area contributed by atoms with E-state index in [-0.39, 0.29) is 5.78 Å². The monoisotopic (exact) mass is 609 g/mol. The SMILES string of the molecule is CN1c2ccc3ccccc3c2C(C)(C)[C@@]12C=C(c1ccccc1)C=C(c1ccc(Br)cc1)[C@H]2C(=O)c1ccccc1. The number of carbonyl (C=O) groups excluding carboxylic acids is 1. The Balaban J connectivity index is 1.58. The lowest BCUT2D eigenvalue weighted by Crippen LogP contribution is -2.61. The van der Waals surface area contributed by atoms with Gasteiger partial charge in [0.05, 0.1) is 11.5 Å². The van der Waals surface area contributed by atoms with Crippen molar-refractivity contribution in [3.05, 3.63) is 160 Å². The lowest BCUT2D eigenvalue weighted by atomic mass is 9.57. The normalized spacial score (nSPS) is 20.8. The van der Waals surface area contributed by atoms with Crippen LogP contribution >= 0.6 is 15.9 Å². The third-order valence-corrected chi connectivity index (χ3v) is 10.0. The largest absolute Gasteiger partial charge is 0.363 e. The molecule has 0 saturated heterocycles. The maximum atomic E-state index is 15.0. The van der Waals surface area contributed by atoms with E-state index in [9.17, 15) is 4.79 Å². The lowest BCUT2D eigenvalue weighted by Gasteiger charge is -2.52. The first-order valence-corrected chi connectivity index (χ1v) is 15.2. The number of fused-ring (bicyclic) bond motifs is 3. The number of nitrogens with zero attached hydrogens (tertiary/aromatic N) is 1. The van der Waals surface area contributed by atoms with E-state index >= 15 is 0 Å². The standard InChI is InChI=1S/C39H32BrNO/c1-38(2)35-32-17-11-10-14-27(32)20-23-34(35)41(3)39(38)25-30(26-12-6-4-7-13-26)24-33(28-18-21-31(40)22-19-28)36(39)37(42)29-15-8-5-9-16-29/h4-25,36H,1-3H3/t36-,39-/m0/s1. The van der Waals surface area contributed by atoms with Crippen molar-refractivity contribution in [2.45, 2.75) is 24.8 Å². The van der Waals surface area contributed by atoms with Gasteiger partial charge in [0.1, 0.15) is 0 Å². The average molecular weight is 611 g/mol. The molecule has 0 aromatic heterocycles. The zero-order valence-corrected chi connectivity index (χ0v) is 25.6. The summed E-state index contributed by atoms with van der Waals surface area (Å²) in [6.45, 7) is 4.66. The molecule has 1 heterocycles. The van der Waals surface area contributed by atoms with Gasteiger partial charge in [0.15, 0.2) is 5.78 Å². The van der Waals surface area contributed by atoms with Crippen molar-refractivity contribution in [1.82, 2.24) is 0 Å². The topological polar surface area (TPSA) is 20.3 Å². The predicted octanol–water partition coefficient (Wildman–Crippen LogP) is 9.75. The highest BCUT2D eigenvalue weighted by molar-refractivity contribution is 9.10. The average Bonchev–Trinajstić information content (AvgIpc) is 3.19. The Morgan fingerprint density at radius 1 is 0.738 bits per heavy atom. The minimum atomic E-state index is -0.686. The molecule has 0 fully saturated rings. The van der Waals surface area contributed by atoms with Gasteiger partial charge in [-0.05, 0) is 69.0 Å². The highest BCUT2D eigenvalue weighted by Crippen LogP contribution is 2.61. The van der Waals surface area contributed by atoms with Crippen molar-refractivity contribution in [3.63, 3.8) is 0 Å².